The van der Waals surface area contributed by atoms with E-state index in [0.29, 0.717) is 17.8 Å². The third kappa shape index (κ3) is 6.05. The van der Waals surface area contributed by atoms with Gasteiger partial charge in [-0.05, 0) is 55.0 Å². The van der Waals surface area contributed by atoms with Crippen LogP contribution in [0.25, 0.3) is 0 Å². The predicted molar refractivity (Wildman–Crippen MR) is 83.8 cm³/mol. The van der Waals surface area contributed by atoms with Gasteiger partial charge in [-0.3, -0.25) is 0 Å². The van der Waals surface area contributed by atoms with Crippen LogP contribution in [0.4, 0.5) is 4.39 Å². The van der Waals surface area contributed by atoms with Gasteiger partial charge in [-0.25, -0.2) is 4.39 Å². The summed E-state index contributed by atoms with van der Waals surface area (Å²) in [6, 6.07) is 4.98. The molecule has 0 aliphatic heterocycles. The lowest BCUT2D eigenvalue weighted by Gasteiger charge is -2.22. The van der Waals surface area contributed by atoms with Crippen molar-refractivity contribution in [2.45, 2.75) is 34.1 Å². The summed E-state index contributed by atoms with van der Waals surface area (Å²) in [5, 5.41) is 3.53. The first kappa shape index (κ1) is 16.6. The lowest BCUT2D eigenvalue weighted by Crippen LogP contribution is -2.30. The molecule has 1 nitrogen and oxygen atoms in total. The highest BCUT2D eigenvalue weighted by atomic mass is 79.9. The average Bonchev–Trinajstić information content (AvgIpc) is 2.30. The summed E-state index contributed by atoms with van der Waals surface area (Å²) in [7, 11) is 0. The van der Waals surface area contributed by atoms with Gasteiger partial charge >= 0.3 is 0 Å². The summed E-state index contributed by atoms with van der Waals surface area (Å²) in [6.07, 6.45) is 0.976. The van der Waals surface area contributed by atoms with E-state index in [2.05, 4.69) is 48.9 Å². The maximum Gasteiger partial charge on any atom is 0.124 e. The topological polar surface area (TPSA) is 12.0 Å². The normalized spacial score (nSPS) is 13.3. The highest BCUT2D eigenvalue weighted by molar-refractivity contribution is 9.10. The first-order valence-electron chi connectivity index (χ1n) is 7.04. The van der Waals surface area contributed by atoms with Crippen LogP contribution in [0.15, 0.2) is 22.7 Å². The number of hydrogen-bond donors (Lipinski definition) is 1. The van der Waals surface area contributed by atoms with Crippen LogP contribution in [0.3, 0.4) is 0 Å². The number of halogens is 2. The van der Waals surface area contributed by atoms with Crippen molar-refractivity contribution in [1.29, 1.82) is 0 Å². The van der Waals surface area contributed by atoms with Gasteiger partial charge in [0.25, 0.3) is 0 Å². The molecule has 0 heterocycles. The quantitative estimate of drug-likeness (QED) is 0.767. The molecule has 0 saturated heterocycles. The molecule has 0 amide bonds. The molecule has 0 bridgehead atoms. The van der Waals surface area contributed by atoms with E-state index in [1.807, 2.05) is 6.07 Å². The van der Waals surface area contributed by atoms with Crippen LogP contribution in [0, 0.1) is 23.6 Å². The SMILES string of the molecule is CC(C)CNCC(Cc1ccc(F)cc1Br)C(C)C. The first-order chi connectivity index (χ1) is 8.90. The molecule has 3 heteroatoms. The molecule has 108 valence electrons. The van der Waals surface area contributed by atoms with Crippen molar-refractivity contribution in [2.24, 2.45) is 17.8 Å². The molecule has 1 rings (SSSR count). The zero-order valence-corrected chi connectivity index (χ0v) is 13.9. The Balaban J connectivity index is 2.62. The lowest BCUT2D eigenvalue weighted by molar-refractivity contribution is 0.352. The maximum absolute atomic E-state index is 13.1. The highest BCUT2D eigenvalue weighted by Gasteiger charge is 2.15. The summed E-state index contributed by atoms with van der Waals surface area (Å²) in [5.74, 6) is 1.66. The third-order valence-electron chi connectivity index (χ3n) is 3.40. The van der Waals surface area contributed by atoms with Gasteiger partial charge in [0.2, 0.25) is 0 Å². The number of benzene rings is 1. The second kappa shape index (κ2) is 8.01. The van der Waals surface area contributed by atoms with Crippen LogP contribution < -0.4 is 5.32 Å². The number of nitrogens with one attached hydrogen (secondary N) is 1. The van der Waals surface area contributed by atoms with Crippen molar-refractivity contribution in [1.82, 2.24) is 5.32 Å². The number of hydrogen-bond acceptors (Lipinski definition) is 1. The van der Waals surface area contributed by atoms with E-state index in [1.165, 1.54) is 5.56 Å². The van der Waals surface area contributed by atoms with Gasteiger partial charge in [-0.15, -0.1) is 0 Å². The summed E-state index contributed by atoms with van der Waals surface area (Å²) in [5.41, 5.74) is 1.19. The fraction of sp³-hybridized carbons (Fsp3) is 0.625. The Hall–Kier alpha value is -0.410. The van der Waals surface area contributed by atoms with Gasteiger partial charge in [0.1, 0.15) is 5.82 Å². The van der Waals surface area contributed by atoms with E-state index in [-0.39, 0.29) is 5.82 Å². The zero-order valence-electron chi connectivity index (χ0n) is 12.3. The van der Waals surface area contributed by atoms with Gasteiger partial charge in [-0.1, -0.05) is 49.7 Å². The fourth-order valence-electron chi connectivity index (χ4n) is 2.07. The molecule has 0 spiro atoms. The third-order valence-corrected chi connectivity index (χ3v) is 4.14. The van der Waals surface area contributed by atoms with Crippen LogP contribution >= 0.6 is 15.9 Å². The smallest absolute Gasteiger partial charge is 0.124 e. The predicted octanol–water partition coefficient (Wildman–Crippen LogP) is 4.65. The number of rotatable bonds is 7. The molecule has 0 aliphatic rings. The Labute approximate surface area is 125 Å². The maximum atomic E-state index is 13.1. The Bertz CT molecular complexity index is 390. The van der Waals surface area contributed by atoms with E-state index >= 15 is 0 Å². The summed E-state index contributed by atoms with van der Waals surface area (Å²) in [4.78, 5) is 0. The Kier molecular flexibility index (Phi) is 7.01. The monoisotopic (exact) mass is 329 g/mol. The van der Waals surface area contributed by atoms with Crippen molar-refractivity contribution in [2.75, 3.05) is 13.1 Å². The Morgan fingerprint density at radius 3 is 2.37 bits per heavy atom. The average molecular weight is 330 g/mol. The van der Waals surface area contributed by atoms with Crippen molar-refractivity contribution >= 4 is 15.9 Å². The standard InChI is InChI=1S/C16H25BrFN/c1-11(2)9-19-10-14(12(3)4)7-13-5-6-15(18)8-16(13)17/h5-6,8,11-12,14,19H,7,9-10H2,1-4H3. The van der Waals surface area contributed by atoms with Crippen molar-refractivity contribution < 1.29 is 4.39 Å². The summed E-state index contributed by atoms with van der Waals surface area (Å²) in [6.45, 7) is 11.0. The lowest BCUT2D eigenvalue weighted by atomic mass is 9.89. The van der Waals surface area contributed by atoms with Crippen LogP contribution in [-0.4, -0.2) is 13.1 Å². The molecule has 0 fully saturated rings. The van der Waals surface area contributed by atoms with Crippen LogP contribution in [-0.2, 0) is 6.42 Å². The minimum atomic E-state index is -0.186. The largest absolute Gasteiger partial charge is 0.316 e. The van der Waals surface area contributed by atoms with E-state index in [0.717, 1.165) is 24.0 Å². The molecular weight excluding hydrogens is 305 g/mol. The van der Waals surface area contributed by atoms with Gasteiger partial charge in [0.05, 0.1) is 0 Å². The molecule has 1 N–H and O–H groups in total. The molecule has 1 aromatic rings. The second-order valence-corrected chi connectivity index (χ2v) is 6.85. The van der Waals surface area contributed by atoms with E-state index in [1.54, 1.807) is 12.1 Å². The van der Waals surface area contributed by atoms with E-state index in [9.17, 15) is 4.39 Å². The van der Waals surface area contributed by atoms with Crippen molar-refractivity contribution in [3.8, 4) is 0 Å². The molecule has 0 aromatic heterocycles. The highest BCUT2D eigenvalue weighted by Crippen LogP contribution is 2.24. The van der Waals surface area contributed by atoms with Gasteiger partial charge in [0, 0.05) is 4.47 Å². The van der Waals surface area contributed by atoms with Crippen LogP contribution in [0.2, 0.25) is 0 Å². The van der Waals surface area contributed by atoms with Crippen molar-refractivity contribution in [3.05, 3.63) is 34.1 Å². The fourth-order valence-corrected chi connectivity index (χ4v) is 2.58. The minimum absolute atomic E-state index is 0.186. The molecule has 1 aromatic carbocycles. The molecule has 19 heavy (non-hydrogen) atoms. The molecule has 0 aliphatic carbocycles. The van der Waals surface area contributed by atoms with E-state index < -0.39 is 0 Å². The molecule has 1 atom stereocenters. The first-order valence-corrected chi connectivity index (χ1v) is 7.84. The van der Waals surface area contributed by atoms with Gasteiger partial charge in [-0.2, -0.15) is 0 Å². The van der Waals surface area contributed by atoms with Gasteiger partial charge in [0.15, 0.2) is 0 Å². The van der Waals surface area contributed by atoms with Crippen molar-refractivity contribution in [3.63, 3.8) is 0 Å². The molecular formula is C16H25BrFN. The van der Waals surface area contributed by atoms with Gasteiger partial charge < -0.3 is 5.32 Å². The minimum Gasteiger partial charge on any atom is -0.316 e. The van der Waals surface area contributed by atoms with Crippen LogP contribution in [0.5, 0.6) is 0 Å². The Morgan fingerprint density at radius 1 is 1.16 bits per heavy atom. The summed E-state index contributed by atoms with van der Waals surface area (Å²) >= 11 is 3.46. The molecule has 1 unspecified atom stereocenters. The summed E-state index contributed by atoms with van der Waals surface area (Å²) < 4.78 is 14.0. The Morgan fingerprint density at radius 2 is 1.84 bits per heavy atom. The zero-order chi connectivity index (χ0) is 14.4. The van der Waals surface area contributed by atoms with Crippen LogP contribution in [0.1, 0.15) is 33.3 Å². The second-order valence-electron chi connectivity index (χ2n) is 6.00. The molecule has 0 saturated carbocycles. The molecule has 0 radical (unpaired) electrons. The van der Waals surface area contributed by atoms with E-state index in [4.69, 9.17) is 0 Å².